The number of hydrogen-bond donors (Lipinski definition) is 5. The number of ether oxygens (including phenoxy) is 1. The monoisotopic (exact) mass is 1530 g/mol. The molecule has 29 heteroatoms. The lowest BCUT2D eigenvalue weighted by Crippen LogP contribution is -2.40. The zero-order valence-corrected chi connectivity index (χ0v) is 63.5. The number of nitrogens with zero attached hydrogens (tertiary/aromatic N) is 17. The highest BCUT2D eigenvalue weighted by Gasteiger charge is 2.32. The molecule has 3 saturated heterocycles. The summed E-state index contributed by atoms with van der Waals surface area (Å²) in [6, 6.07) is 46.5. The van der Waals surface area contributed by atoms with E-state index in [0.717, 1.165) is 77.5 Å². The van der Waals surface area contributed by atoms with Gasteiger partial charge in [0.15, 0.2) is 16.9 Å². The van der Waals surface area contributed by atoms with E-state index in [0.29, 0.717) is 148 Å². The van der Waals surface area contributed by atoms with Crippen LogP contribution in [0, 0.1) is 18.3 Å². The number of hydrogen-bond acceptors (Lipinski definition) is 20. The smallest absolute Gasteiger partial charge is 0.255 e. The number of nitrogens with two attached hydrogens (primary N) is 3. The van der Waals surface area contributed by atoms with Gasteiger partial charge in [-0.1, -0.05) is 117 Å². The number of likely N-dealkylation sites (tertiary alicyclic amines) is 3. The van der Waals surface area contributed by atoms with Gasteiger partial charge in [-0.2, -0.15) is 20.6 Å². The molecular formula is C85H86N22O7. The van der Waals surface area contributed by atoms with Gasteiger partial charge in [0.05, 0.1) is 58.6 Å². The maximum Gasteiger partial charge on any atom is 0.255 e. The van der Waals surface area contributed by atoms with Crippen molar-refractivity contribution in [1.29, 1.82) is 5.26 Å². The lowest BCUT2D eigenvalue weighted by Gasteiger charge is -2.32. The van der Waals surface area contributed by atoms with E-state index in [9.17, 15) is 28.8 Å². The van der Waals surface area contributed by atoms with Crippen molar-refractivity contribution in [2.75, 3.05) is 70.6 Å². The number of nitrogen functional groups attached to an aromatic ring is 3. The number of nitriles is 1. The summed E-state index contributed by atoms with van der Waals surface area (Å²) < 4.78 is 10.9. The fourth-order valence-electron chi connectivity index (χ4n) is 14.7. The Morgan fingerprint density at radius 2 is 0.947 bits per heavy atom. The summed E-state index contributed by atoms with van der Waals surface area (Å²) in [4.78, 5) is 108. The summed E-state index contributed by atoms with van der Waals surface area (Å²) >= 11 is 0. The van der Waals surface area contributed by atoms with Crippen molar-refractivity contribution < 1.29 is 33.5 Å². The number of amides is 6. The number of anilines is 3. The molecule has 0 spiro atoms. The summed E-state index contributed by atoms with van der Waals surface area (Å²) in [5, 5.41) is 31.7. The highest BCUT2D eigenvalue weighted by molar-refractivity contribution is 6.02. The first kappa shape index (κ1) is 77.8. The number of carbonyl (C=O) groups is 6. The molecule has 15 rings (SSSR count). The molecule has 0 saturated carbocycles. The minimum Gasteiger partial charge on any atom is -0.496 e. The molecule has 578 valence electrons. The van der Waals surface area contributed by atoms with E-state index in [1.807, 2.05) is 130 Å². The average molecular weight is 1530 g/mol. The Labute approximate surface area is 657 Å². The highest BCUT2D eigenvalue weighted by atomic mass is 16.5. The fraction of sp³-hybridized carbons (Fsp3) is 0.247. The average Bonchev–Trinajstić information content (AvgIpc) is 1.62. The predicted molar refractivity (Wildman–Crippen MR) is 434 cm³/mol. The Hall–Kier alpha value is -14.3. The predicted octanol–water partition coefficient (Wildman–Crippen LogP) is 10.6. The van der Waals surface area contributed by atoms with Crippen LogP contribution in [0.4, 0.5) is 17.5 Å². The van der Waals surface area contributed by atoms with Crippen molar-refractivity contribution in [3.8, 4) is 45.6 Å². The standard InChI is InChI=1S/C29H31N7O2.C28H26N8O2.C28H29N7O3/c1-4-24(37)35-15-7-9-22(17-35)36-28-25(27(30)31-18-32-28)26(33-36)21-13-11-20(12-14-21)16-34(3)29(38)23-10-6-5-8-19(23)2;1-2-23(37)35-11-5-10-22(16-35)36-27-24(26(30)32-17-33-27)25(34-36)20-8-4-7-19(13-20)15-31-28(38)21-9-3-6-18(12-21)14-29;1-3-23(36)34-13-7-10-20(16-34)35-27-24(26(29)31-17-32-27)25(33-35)19-9-6-8-18(14-19)15-30-28(37)21-11-4-5-12-22(21)38-2/h4-6,8,10-14,18,22H,1,7,9,15-17H2,2-3H3,(H2,30,31,32);2-4,6-9,12-13,17,22H,1,5,10-11,15-16H2,(H,31,38)(H2,30,32,33);3-6,8-9,11-12,14,17,20H,1,7,10,13,15-16H2,2H3,(H,30,37)(H2,29,31,32)/t2*22-;20-/m111/s1. The molecule has 9 heterocycles. The number of nitrogens with one attached hydrogen (secondary N) is 2. The van der Waals surface area contributed by atoms with Gasteiger partial charge in [0.1, 0.15) is 59.3 Å². The fourth-order valence-corrected chi connectivity index (χ4v) is 14.7. The molecule has 3 aliphatic rings. The first-order valence-electron chi connectivity index (χ1n) is 37.3. The van der Waals surface area contributed by atoms with Gasteiger partial charge in [-0.15, -0.1) is 0 Å². The number of carbonyl (C=O) groups excluding carboxylic acids is 6. The summed E-state index contributed by atoms with van der Waals surface area (Å²) in [7, 11) is 3.34. The number of rotatable bonds is 19. The van der Waals surface area contributed by atoms with Crippen LogP contribution in [-0.2, 0) is 34.0 Å². The number of para-hydroxylation sites is 1. The number of benzene rings is 6. The lowest BCUT2D eigenvalue weighted by atomic mass is 10.1. The molecule has 3 aliphatic heterocycles. The van der Waals surface area contributed by atoms with Crippen LogP contribution in [0.2, 0.25) is 0 Å². The SMILES string of the molecule is C=CC(=O)N1CCC[C@@H](n2nc(-c3ccc(CN(C)C(=O)c4ccccc4C)cc3)c3c(N)ncnc32)C1.C=CC(=O)N1CCC[C@@H](n2nc(-c3cccc(CNC(=O)c4cccc(C#N)c4)c3)c3c(N)ncnc32)C1.C=CC(=O)N1CCC[C@@H](n2nc(-c3cccc(CNC(=O)c4ccccc4OC)c3)c3c(N)ncnc32)C1. The molecule has 29 nitrogen and oxygen atoms in total. The van der Waals surface area contributed by atoms with Crippen LogP contribution in [0.1, 0.15) is 116 Å². The van der Waals surface area contributed by atoms with Gasteiger partial charge in [0, 0.05) is 93.8 Å². The van der Waals surface area contributed by atoms with Crippen molar-refractivity contribution in [2.24, 2.45) is 0 Å². The van der Waals surface area contributed by atoms with E-state index >= 15 is 0 Å². The number of aryl methyl sites for hydroxylation is 1. The van der Waals surface area contributed by atoms with Gasteiger partial charge in [-0.25, -0.2) is 43.9 Å². The van der Waals surface area contributed by atoms with Crippen LogP contribution in [0.15, 0.2) is 203 Å². The summed E-state index contributed by atoms with van der Waals surface area (Å²) in [6.45, 7) is 17.5. The number of fused-ring (bicyclic) bond motifs is 3. The second-order valence-electron chi connectivity index (χ2n) is 27.9. The third kappa shape index (κ3) is 17.0. The van der Waals surface area contributed by atoms with Crippen molar-refractivity contribution in [3.05, 3.63) is 247 Å². The third-order valence-corrected chi connectivity index (χ3v) is 20.5. The van der Waals surface area contributed by atoms with Gasteiger partial charge in [-0.05, 0) is 134 Å². The van der Waals surface area contributed by atoms with E-state index in [-0.39, 0.29) is 60.1 Å². The summed E-state index contributed by atoms with van der Waals surface area (Å²) in [6.07, 6.45) is 13.5. The molecule has 114 heavy (non-hydrogen) atoms. The second-order valence-corrected chi connectivity index (χ2v) is 27.9. The van der Waals surface area contributed by atoms with E-state index in [1.54, 1.807) is 69.1 Å². The van der Waals surface area contributed by atoms with Crippen molar-refractivity contribution in [1.82, 2.24) is 89.5 Å². The highest BCUT2D eigenvalue weighted by Crippen LogP contribution is 2.38. The Balaban J connectivity index is 0.000000149. The topological polar surface area (TPSA) is 381 Å². The molecule has 6 aromatic carbocycles. The molecule has 6 aromatic heterocycles. The van der Waals surface area contributed by atoms with Crippen LogP contribution in [0.5, 0.6) is 5.75 Å². The molecule has 3 atom stereocenters. The molecule has 0 bridgehead atoms. The second kappa shape index (κ2) is 35.2. The van der Waals surface area contributed by atoms with Gasteiger partial charge in [0.25, 0.3) is 17.7 Å². The molecule has 3 fully saturated rings. The molecule has 0 unspecified atom stereocenters. The maximum atomic E-state index is 12.9. The van der Waals surface area contributed by atoms with E-state index < -0.39 is 0 Å². The largest absolute Gasteiger partial charge is 0.496 e. The summed E-state index contributed by atoms with van der Waals surface area (Å²) in [5.41, 5.74) is 31.0. The van der Waals surface area contributed by atoms with Crippen LogP contribution in [0.3, 0.4) is 0 Å². The Bertz CT molecular complexity index is 5710. The Morgan fingerprint density at radius 1 is 0.518 bits per heavy atom. The Kier molecular flexibility index (Phi) is 24.0. The van der Waals surface area contributed by atoms with Gasteiger partial charge in [-0.3, -0.25) is 28.8 Å². The molecule has 8 N–H and O–H groups in total. The Morgan fingerprint density at radius 3 is 1.39 bits per heavy atom. The molecular weight excluding hydrogens is 1440 g/mol. The molecule has 0 radical (unpaired) electrons. The van der Waals surface area contributed by atoms with Crippen LogP contribution in [-0.4, -0.2) is 168 Å². The van der Waals surface area contributed by atoms with Crippen molar-refractivity contribution in [3.63, 3.8) is 0 Å². The number of piperidine rings is 3. The minimum absolute atomic E-state index is 0.0155. The zero-order chi connectivity index (χ0) is 80.1. The van der Waals surface area contributed by atoms with Crippen molar-refractivity contribution >= 4 is 86.0 Å². The number of aromatic nitrogens is 12. The van der Waals surface area contributed by atoms with Gasteiger partial charge < -0.3 is 52.2 Å². The van der Waals surface area contributed by atoms with E-state index in [2.05, 4.69) is 60.3 Å². The summed E-state index contributed by atoms with van der Waals surface area (Å²) in [5.74, 6) is 0.745. The number of methoxy groups -OCH3 is 1. The van der Waals surface area contributed by atoms with Crippen LogP contribution < -0.4 is 32.6 Å². The zero-order valence-electron chi connectivity index (χ0n) is 63.5. The quantitative estimate of drug-likeness (QED) is 0.0470. The molecule has 0 aliphatic carbocycles. The van der Waals surface area contributed by atoms with Gasteiger partial charge in [0.2, 0.25) is 17.7 Å². The normalized spacial score (nSPS) is 15.3. The first-order valence-corrected chi connectivity index (χ1v) is 37.3. The maximum absolute atomic E-state index is 12.9. The van der Waals surface area contributed by atoms with E-state index in [1.165, 1.54) is 44.3 Å². The van der Waals surface area contributed by atoms with Crippen molar-refractivity contribution in [2.45, 2.75) is 83.2 Å². The van der Waals surface area contributed by atoms with Crippen LogP contribution in [0.25, 0.3) is 66.9 Å². The van der Waals surface area contributed by atoms with Gasteiger partial charge >= 0.3 is 0 Å². The first-order chi connectivity index (χ1) is 55.3. The third-order valence-electron chi connectivity index (χ3n) is 20.5. The molecule has 6 amide bonds. The lowest BCUT2D eigenvalue weighted by molar-refractivity contribution is -0.128. The van der Waals surface area contributed by atoms with Crippen LogP contribution >= 0.6 is 0 Å². The van der Waals surface area contributed by atoms with E-state index in [4.69, 9.17) is 42.5 Å². The minimum atomic E-state index is -0.268. The molecule has 12 aromatic rings.